The van der Waals surface area contributed by atoms with Gasteiger partial charge in [-0.2, -0.15) is 0 Å². The number of methoxy groups -OCH3 is 2. The quantitative estimate of drug-likeness (QED) is 0.0778. The summed E-state index contributed by atoms with van der Waals surface area (Å²) in [4.78, 5) is 71.6. The third-order valence-corrected chi connectivity index (χ3v) is 12.1. The summed E-state index contributed by atoms with van der Waals surface area (Å²) < 4.78 is 9.60. The average Bonchev–Trinajstić information content (AvgIpc) is 4.10. The van der Waals surface area contributed by atoms with Crippen LogP contribution in [0, 0.1) is 11.8 Å². The SMILES string of the molecule is CC[C@H](C)[C@H](NC(=O)OC)NC(=O)N1CCC[C@H]1c1nc2ccc(-c3ccc4cc(-c5cnc([C@@H]6CCCN6C(=O)[C@@H](NC(=O)OC)[C@@H](C)CC)[nH]5)ccc4c3)cc2[nH]1.Cl. The summed E-state index contributed by atoms with van der Waals surface area (Å²) in [6.45, 7) is 9.11. The van der Waals surface area contributed by atoms with E-state index in [1.165, 1.54) is 14.2 Å². The first-order chi connectivity index (χ1) is 28.5. The molecule has 0 radical (unpaired) electrons. The van der Waals surface area contributed by atoms with E-state index < -0.39 is 24.4 Å². The number of aromatic amines is 2. The second-order valence-electron chi connectivity index (χ2n) is 15.8. The van der Waals surface area contributed by atoms with Gasteiger partial charge in [-0.15, -0.1) is 12.4 Å². The van der Waals surface area contributed by atoms with E-state index in [1.807, 2.05) is 44.9 Å². The van der Waals surface area contributed by atoms with Crippen molar-refractivity contribution in [2.45, 2.75) is 90.5 Å². The Labute approximate surface area is 356 Å². The molecule has 3 aromatic carbocycles. The smallest absolute Gasteiger partial charge is 0.408 e. The molecular formula is C44H56ClN9O6. The number of carbonyl (C=O) groups is 4. The summed E-state index contributed by atoms with van der Waals surface area (Å²) in [5.74, 6) is 1.29. The zero-order chi connectivity index (χ0) is 41.8. The molecule has 2 aliphatic heterocycles. The molecule has 0 aliphatic carbocycles. The number of nitrogens with one attached hydrogen (secondary N) is 5. The molecule has 16 heteroatoms. The maximum Gasteiger partial charge on any atom is 0.408 e. The molecule has 2 aliphatic rings. The normalized spacial score (nSPS) is 18.4. The maximum atomic E-state index is 13.8. The maximum absolute atomic E-state index is 13.8. The number of alkyl carbamates (subject to hydrolysis) is 2. The topological polar surface area (TPSA) is 187 Å². The van der Waals surface area contributed by atoms with E-state index in [-0.39, 0.29) is 48.3 Å². The predicted octanol–water partition coefficient (Wildman–Crippen LogP) is 8.20. The molecule has 60 heavy (non-hydrogen) atoms. The number of benzene rings is 3. The summed E-state index contributed by atoms with van der Waals surface area (Å²) in [7, 11) is 2.61. The fourth-order valence-electron chi connectivity index (χ4n) is 8.23. The number of ether oxygens (including phenoxy) is 2. The van der Waals surface area contributed by atoms with Gasteiger partial charge in [-0.25, -0.2) is 24.4 Å². The van der Waals surface area contributed by atoms with E-state index in [1.54, 1.807) is 4.90 Å². The zero-order valence-corrected chi connectivity index (χ0v) is 35.9. The summed E-state index contributed by atoms with van der Waals surface area (Å²) in [6.07, 6.45) is 4.80. The van der Waals surface area contributed by atoms with Crippen LogP contribution in [-0.2, 0) is 14.3 Å². The van der Waals surface area contributed by atoms with E-state index in [0.717, 1.165) is 94.4 Å². The van der Waals surface area contributed by atoms with Crippen LogP contribution in [0.1, 0.15) is 90.0 Å². The Bertz CT molecular complexity index is 2330. The Morgan fingerprint density at radius 1 is 0.750 bits per heavy atom. The van der Waals surface area contributed by atoms with Gasteiger partial charge in [-0.3, -0.25) is 4.79 Å². The van der Waals surface area contributed by atoms with E-state index in [0.29, 0.717) is 13.1 Å². The van der Waals surface area contributed by atoms with E-state index in [4.69, 9.17) is 19.4 Å². The third-order valence-electron chi connectivity index (χ3n) is 12.1. The zero-order valence-electron chi connectivity index (χ0n) is 35.0. The van der Waals surface area contributed by atoms with Crippen molar-refractivity contribution in [1.29, 1.82) is 0 Å². The fourth-order valence-corrected chi connectivity index (χ4v) is 8.23. The molecular weight excluding hydrogens is 786 g/mol. The molecule has 5 aromatic rings. The Balaban J connectivity index is 0.00000604. The number of rotatable bonds is 12. The van der Waals surface area contributed by atoms with Crippen LogP contribution in [0.5, 0.6) is 0 Å². The van der Waals surface area contributed by atoms with Crippen LogP contribution in [0.15, 0.2) is 60.8 Å². The Morgan fingerprint density at radius 2 is 1.35 bits per heavy atom. The standard InChI is InChI=1S/C44H55N9O6.ClH/c1-7-25(3)37(49-43(56)58-5)41(54)52-19-9-11-35(52)39-45-24-34(48-39)31-16-15-27-21-28(13-14-29(27)22-31)30-17-18-32-33(23-30)47-40(46-32)36-12-10-20-53(36)42(55)50-38(26(4)8-2)51-44(57)59-6;/h13-18,21-26,35-38H,7-12,19-20H2,1-6H3,(H,45,48)(H,46,47)(H,49,56)(H,50,55)(H,51,57);1H/t25-,26-,35-,36-,37-,38-;/m0./s1. The van der Waals surface area contributed by atoms with Gasteiger partial charge in [0, 0.05) is 18.7 Å². The fraction of sp³-hybridized carbons (Fsp3) is 0.455. The largest absolute Gasteiger partial charge is 0.453 e. The van der Waals surface area contributed by atoms with Crippen molar-refractivity contribution in [2.75, 3.05) is 27.3 Å². The Kier molecular flexibility index (Phi) is 13.9. The summed E-state index contributed by atoms with van der Waals surface area (Å²) in [5.41, 5.74) is 5.66. The van der Waals surface area contributed by atoms with Gasteiger partial charge < -0.3 is 45.2 Å². The van der Waals surface area contributed by atoms with Crippen LogP contribution in [0.25, 0.3) is 44.2 Å². The first-order valence-electron chi connectivity index (χ1n) is 20.7. The van der Waals surface area contributed by atoms with Crippen molar-refractivity contribution >= 4 is 58.3 Å². The van der Waals surface area contributed by atoms with Crippen LogP contribution in [0.2, 0.25) is 0 Å². The van der Waals surface area contributed by atoms with Gasteiger partial charge in [0.05, 0.1) is 49.2 Å². The number of hydrogen-bond acceptors (Lipinski definition) is 8. The average molecular weight is 842 g/mol. The molecule has 6 atom stereocenters. The lowest BCUT2D eigenvalue weighted by molar-refractivity contribution is -0.135. The Hall–Kier alpha value is -5.83. The number of aromatic nitrogens is 4. The number of amides is 5. The van der Waals surface area contributed by atoms with Crippen molar-refractivity contribution < 1.29 is 28.7 Å². The molecule has 7 rings (SSSR count). The predicted molar refractivity (Wildman–Crippen MR) is 232 cm³/mol. The van der Waals surface area contributed by atoms with Crippen LogP contribution >= 0.6 is 12.4 Å². The summed E-state index contributed by atoms with van der Waals surface area (Å²) in [6, 6.07) is 17.5. The highest BCUT2D eigenvalue weighted by molar-refractivity contribution is 5.92. The lowest BCUT2D eigenvalue weighted by Gasteiger charge is -2.30. The van der Waals surface area contributed by atoms with E-state index in [2.05, 4.69) is 74.4 Å². The number of halogens is 1. The van der Waals surface area contributed by atoms with Crippen LogP contribution < -0.4 is 16.0 Å². The van der Waals surface area contributed by atoms with Gasteiger partial charge in [0.15, 0.2) is 0 Å². The summed E-state index contributed by atoms with van der Waals surface area (Å²) in [5, 5.41) is 10.7. The highest BCUT2D eigenvalue weighted by atomic mass is 35.5. The number of likely N-dealkylation sites (tertiary alicyclic amines) is 2. The monoisotopic (exact) mass is 841 g/mol. The molecule has 0 bridgehead atoms. The minimum atomic E-state index is -0.678. The second kappa shape index (κ2) is 19.0. The first kappa shape index (κ1) is 43.7. The van der Waals surface area contributed by atoms with Gasteiger partial charge in [0.2, 0.25) is 5.91 Å². The number of carbonyl (C=O) groups excluding carboxylic acids is 4. The second-order valence-corrected chi connectivity index (χ2v) is 15.8. The van der Waals surface area contributed by atoms with Crippen molar-refractivity contribution in [2.24, 2.45) is 11.8 Å². The molecule has 320 valence electrons. The lowest BCUT2D eigenvalue weighted by atomic mass is 9.97. The van der Waals surface area contributed by atoms with Crippen molar-refractivity contribution in [1.82, 2.24) is 45.7 Å². The molecule has 0 unspecified atom stereocenters. The Morgan fingerprint density at radius 3 is 2.03 bits per heavy atom. The van der Waals surface area contributed by atoms with Gasteiger partial charge in [0.1, 0.15) is 23.9 Å². The molecule has 2 fully saturated rings. The van der Waals surface area contributed by atoms with Gasteiger partial charge in [-0.05, 0) is 90.1 Å². The highest BCUT2D eigenvalue weighted by Gasteiger charge is 2.38. The minimum absolute atomic E-state index is 0. The molecule has 0 saturated carbocycles. The molecule has 2 saturated heterocycles. The number of fused-ring (bicyclic) bond motifs is 2. The number of hydrogen-bond donors (Lipinski definition) is 5. The molecule has 4 heterocycles. The van der Waals surface area contributed by atoms with Crippen LogP contribution in [0.3, 0.4) is 0 Å². The van der Waals surface area contributed by atoms with Crippen molar-refractivity contribution in [3.63, 3.8) is 0 Å². The third kappa shape index (κ3) is 9.15. The highest BCUT2D eigenvalue weighted by Crippen LogP contribution is 2.36. The first-order valence-corrected chi connectivity index (χ1v) is 20.7. The number of H-pyrrole nitrogens is 2. The molecule has 2 aromatic heterocycles. The number of urea groups is 1. The van der Waals surface area contributed by atoms with Gasteiger partial charge >= 0.3 is 18.2 Å². The molecule has 5 amide bonds. The van der Waals surface area contributed by atoms with Gasteiger partial charge in [0.25, 0.3) is 0 Å². The molecule has 0 spiro atoms. The van der Waals surface area contributed by atoms with Crippen molar-refractivity contribution in [3.05, 3.63) is 72.4 Å². The molecule has 15 nitrogen and oxygen atoms in total. The number of nitrogens with zero attached hydrogens (tertiary/aromatic N) is 4. The molecule has 5 N–H and O–H groups in total. The van der Waals surface area contributed by atoms with Crippen LogP contribution in [0.4, 0.5) is 14.4 Å². The van der Waals surface area contributed by atoms with Crippen LogP contribution in [-0.4, -0.2) is 93.4 Å². The lowest BCUT2D eigenvalue weighted by Crippen LogP contribution is -2.55. The van der Waals surface area contributed by atoms with Crippen molar-refractivity contribution in [3.8, 4) is 22.4 Å². The van der Waals surface area contributed by atoms with E-state index in [9.17, 15) is 19.2 Å². The summed E-state index contributed by atoms with van der Waals surface area (Å²) >= 11 is 0. The van der Waals surface area contributed by atoms with E-state index >= 15 is 0 Å². The number of imidazole rings is 2. The minimum Gasteiger partial charge on any atom is -0.453 e. The van der Waals surface area contributed by atoms with Gasteiger partial charge in [-0.1, -0.05) is 64.4 Å².